The number of rotatable bonds is 2. The molecule has 25 heavy (non-hydrogen) atoms. The number of para-hydroxylation sites is 2. The van der Waals surface area contributed by atoms with Crippen LogP contribution in [0.2, 0.25) is 0 Å². The van der Waals surface area contributed by atoms with E-state index in [4.69, 9.17) is 11.5 Å². The van der Waals surface area contributed by atoms with Gasteiger partial charge >= 0.3 is 0 Å². The van der Waals surface area contributed by atoms with Crippen molar-refractivity contribution in [3.05, 3.63) is 95.1 Å². The molecule has 0 saturated carbocycles. The number of hydrogen-bond donors (Lipinski definition) is 2. The first kappa shape index (κ1) is 15.1. The van der Waals surface area contributed by atoms with Gasteiger partial charge in [0.1, 0.15) is 0 Å². The Morgan fingerprint density at radius 3 is 1.32 bits per heavy atom. The molecule has 0 spiro atoms. The van der Waals surface area contributed by atoms with Crippen LogP contribution in [0.25, 0.3) is 0 Å². The van der Waals surface area contributed by atoms with E-state index in [2.05, 4.69) is 0 Å². The largest absolute Gasteiger partial charge is 0.398 e. The third kappa shape index (κ3) is 1.88. The maximum Gasteiger partial charge on any atom is 0.186 e. The Bertz CT molecular complexity index is 941. The van der Waals surface area contributed by atoms with Gasteiger partial charge in [-0.2, -0.15) is 0 Å². The van der Waals surface area contributed by atoms with Crippen LogP contribution in [0.1, 0.15) is 31.8 Å². The Morgan fingerprint density at radius 2 is 0.920 bits per heavy atom. The van der Waals surface area contributed by atoms with Crippen LogP contribution in [0, 0.1) is 0 Å². The predicted molar refractivity (Wildman–Crippen MR) is 97.6 cm³/mol. The topological polar surface area (TPSA) is 86.2 Å². The Morgan fingerprint density at radius 1 is 0.560 bits per heavy atom. The minimum absolute atomic E-state index is 0.288. The summed E-state index contributed by atoms with van der Waals surface area (Å²) in [6.07, 6.45) is 0. The first-order chi connectivity index (χ1) is 12.1. The van der Waals surface area contributed by atoms with Crippen LogP contribution in [0.3, 0.4) is 0 Å². The monoisotopic (exact) mass is 328 g/mol. The van der Waals surface area contributed by atoms with E-state index >= 15 is 0 Å². The van der Waals surface area contributed by atoms with Crippen molar-refractivity contribution in [3.63, 3.8) is 0 Å². The van der Waals surface area contributed by atoms with Crippen molar-refractivity contribution in [3.8, 4) is 0 Å². The molecule has 0 aliphatic heterocycles. The number of carbonyl (C=O) groups excluding carboxylic acids is 2. The second-order valence-electron chi connectivity index (χ2n) is 6.13. The van der Waals surface area contributed by atoms with Gasteiger partial charge in [-0.1, -0.05) is 60.7 Å². The molecule has 4 heteroatoms. The maximum absolute atomic E-state index is 13.5. The minimum Gasteiger partial charge on any atom is -0.398 e. The third-order valence-corrected chi connectivity index (χ3v) is 4.83. The normalized spacial score (nSPS) is 15.2. The standard InChI is InChI=1S/C21H16N2O2/c22-17-11-5-3-9-15(17)21(16-10-4-6-12-18(16)23)19(24)13-7-1-2-8-14(13)20(21)25/h1-12H,22-23H2. The fourth-order valence-electron chi connectivity index (χ4n) is 3.70. The van der Waals surface area contributed by atoms with Gasteiger partial charge in [0.25, 0.3) is 0 Å². The van der Waals surface area contributed by atoms with Crippen molar-refractivity contribution in [2.45, 2.75) is 5.41 Å². The fraction of sp³-hybridized carbons (Fsp3) is 0.0476. The van der Waals surface area contributed by atoms with Crippen LogP contribution < -0.4 is 11.5 Å². The van der Waals surface area contributed by atoms with Crippen LogP contribution in [0.5, 0.6) is 0 Å². The van der Waals surface area contributed by atoms with Crippen LogP contribution in [-0.4, -0.2) is 11.6 Å². The van der Waals surface area contributed by atoms with Crippen LogP contribution in [-0.2, 0) is 5.41 Å². The zero-order valence-electron chi connectivity index (χ0n) is 13.4. The average molecular weight is 328 g/mol. The summed E-state index contributed by atoms with van der Waals surface area (Å²) >= 11 is 0. The highest BCUT2D eigenvalue weighted by molar-refractivity contribution is 6.36. The van der Waals surface area contributed by atoms with Crippen LogP contribution >= 0.6 is 0 Å². The van der Waals surface area contributed by atoms with E-state index in [0.717, 1.165) is 0 Å². The van der Waals surface area contributed by atoms with Crippen molar-refractivity contribution in [2.24, 2.45) is 0 Å². The highest BCUT2D eigenvalue weighted by Gasteiger charge is 2.56. The van der Waals surface area contributed by atoms with Gasteiger partial charge in [0.05, 0.1) is 0 Å². The van der Waals surface area contributed by atoms with E-state index in [1.165, 1.54) is 0 Å². The number of nitrogens with two attached hydrogens (primary N) is 2. The van der Waals surface area contributed by atoms with Crippen LogP contribution in [0.15, 0.2) is 72.8 Å². The molecule has 0 bridgehead atoms. The van der Waals surface area contributed by atoms with Crippen molar-refractivity contribution >= 4 is 22.9 Å². The third-order valence-electron chi connectivity index (χ3n) is 4.83. The van der Waals surface area contributed by atoms with Crippen molar-refractivity contribution in [1.29, 1.82) is 0 Å². The summed E-state index contributed by atoms with van der Waals surface area (Å²) in [6.45, 7) is 0. The maximum atomic E-state index is 13.5. The molecule has 4 rings (SSSR count). The highest BCUT2D eigenvalue weighted by Crippen LogP contribution is 2.48. The van der Waals surface area contributed by atoms with Crippen molar-refractivity contribution in [1.82, 2.24) is 0 Å². The summed E-state index contributed by atoms with van der Waals surface area (Å²) in [5.74, 6) is -0.576. The van der Waals surface area contributed by atoms with E-state index in [1.54, 1.807) is 72.8 Å². The predicted octanol–water partition coefficient (Wildman–Crippen LogP) is 3.22. The lowest BCUT2D eigenvalue weighted by atomic mass is 9.69. The van der Waals surface area contributed by atoms with Gasteiger partial charge < -0.3 is 11.5 Å². The highest BCUT2D eigenvalue weighted by atomic mass is 16.2. The first-order valence-electron chi connectivity index (χ1n) is 7.97. The average Bonchev–Trinajstić information content (AvgIpc) is 2.85. The van der Waals surface area contributed by atoms with E-state index in [9.17, 15) is 9.59 Å². The lowest BCUT2D eigenvalue weighted by Crippen LogP contribution is -2.41. The van der Waals surface area contributed by atoms with Crippen molar-refractivity contribution < 1.29 is 9.59 Å². The lowest BCUT2D eigenvalue weighted by Gasteiger charge is -2.29. The van der Waals surface area contributed by atoms with Gasteiger partial charge in [-0.05, 0) is 12.1 Å². The number of benzene rings is 3. The minimum atomic E-state index is -1.54. The van der Waals surface area contributed by atoms with Gasteiger partial charge in [-0.3, -0.25) is 9.59 Å². The molecule has 0 fully saturated rings. The molecule has 0 radical (unpaired) electrons. The van der Waals surface area contributed by atoms with Crippen LogP contribution in [0.4, 0.5) is 11.4 Å². The number of nitrogen functional groups attached to an aromatic ring is 2. The summed E-state index contributed by atoms with van der Waals surface area (Å²) in [5.41, 5.74) is 13.4. The van der Waals surface area contributed by atoms with Gasteiger partial charge in [0.15, 0.2) is 17.0 Å². The molecular formula is C21H16N2O2. The Hall–Kier alpha value is -3.40. The second kappa shape index (κ2) is 5.31. The van der Waals surface area contributed by atoms with Crippen molar-refractivity contribution in [2.75, 3.05) is 11.5 Å². The van der Waals surface area contributed by atoms with Gasteiger partial charge in [-0.15, -0.1) is 0 Å². The van der Waals surface area contributed by atoms with Gasteiger partial charge in [0.2, 0.25) is 0 Å². The molecule has 0 amide bonds. The Labute approximate surface area is 145 Å². The van der Waals surface area contributed by atoms with E-state index in [-0.39, 0.29) is 11.6 Å². The zero-order valence-corrected chi connectivity index (χ0v) is 13.4. The quantitative estimate of drug-likeness (QED) is 0.558. The Balaban J connectivity index is 2.14. The molecule has 0 atom stereocenters. The molecule has 0 saturated heterocycles. The number of anilines is 2. The molecule has 0 unspecified atom stereocenters. The summed E-state index contributed by atoms with van der Waals surface area (Å²) in [4.78, 5) is 27.0. The zero-order chi connectivity index (χ0) is 17.6. The molecule has 0 aromatic heterocycles. The Kier molecular flexibility index (Phi) is 3.22. The summed E-state index contributed by atoms with van der Waals surface area (Å²) in [7, 11) is 0. The first-order valence-corrected chi connectivity index (χ1v) is 7.97. The molecule has 122 valence electrons. The van der Waals surface area contributed by atoms with E-state index in [0.29, 0.717) is 33.6 Å². The van der Waals surface area contributed by atoms with E-state index < -0.39 is 5.41 Å². The van der Waals surface area contributed by atoms with Gasteiger partial charge in [-0.25, -0.2) is 0 Å². The summed E-state index contributed by atoms with van der Waals surface area (Å²) < 4.78 is 0. The number of hydrogen-bond acceptors (Lipinski definition) is 4. The fourth-order valence-corrected chi connectivity index (χ4v) is 3.70. The molecule has 1 aliphatic carbocycles. The number of Topliss-reactive ketones (excluding diaryl/α,β-unsaturated/α-hetero) is 2. The molecule has 3 aromatic carbocycles. The lowest BCUT2D eigenvalue weighted by molar-refractivity contribution is 0.0830. The molecule has 3 aromatic rings. The second-order valence-corrected chi connectivity index (χ2v) is 6.13. The SMILES string of the molecule is Nc1ccccc1C1(c2ccccc2N)C(=O)c2ccccc2C1=O. The number of carbonyl (C=O) groups is 2. The summed E-state index contributed by atoms with van der Waals surface area (Å²) in [5, 5.41) is 0. The molecule has 4 nitrogen and oxygen atoms in total. The molecular weight excluding hydrogens is 312 g/mol. The number of ketones is 2. The number of fused-ring (bicyclic) bond motifs is 1. The van der Waals surface area contributed by atoms with E-state index in [1.807, 2.05) is 0 Å². The molecule has 0 heterocycles. The van der Waals surface area contributed by atoms with Gasteiger partial charge in [0, 0.05) is 33.6 Å². The molecule has 1 aliphatic rings. The summed E-state index contributed by atoms with van der Waals surface area (Å²) in [6, 6.07) is 20.8. The molecule has 4 N–H and O–H groups in total. The smallest absolute Gasteiger partial charge is 0.186 e.